The van der Waals surface area contributed by atoms with Crippen molar-refractivity contribution < 1.29 is 4.79 Å². The number of thioether (sulfide) groups is 1. The molecule has 0 atom stereocenters. The van der Waals surface area contributed by atoms with Crippen LogP contribution in [0.2, 0.25) is 0 Å². The normalized spacial score (nSPS) is 13.2. The summed E-state index contributed by atoms with van der Waals surface area (Å²) in [6, 6.07) is 16.4. The average Bonchev–Trinajstić information content (AvgIpc) is 2.98. The number of benzene rings is 2. The van der Waals surface area contributed by atoms with Crippen molar-refractivity contribution in [2.45, 2.75) is 37.8 Å². The summed E-state index contributed by atoms with van der Waals surface area (Å²) in [5.74, 6) is 1.60. The molecule has 1 aromatic heterocycles. The number of fused-ring (bicyclic) bond motifs is 2. The molecule has 0 bridgehead atoms. The molecule has 144 valence electrons. The van der Waals surface area contributed by atoms with Gasteiger partial charge >= 0.3 is 0 Å². The van der Waals surface area contributed by atoms with Gasteiger partial charge in [0, 0.05) is 13.0 Å². The van der Waals surface area contributed by atoms with Crippen molar-refractivity contribution in [1.29, 1.82) is 0 Å². The quantitative estimate of drug-likeness (QED) is 0.614. The van der Waals surface area contributed by atoms with Crippen LogP contribution in [-0.4, -0.2) is 26.4 Å². The number of hydrogen-bond acceptors (Lipinski definition) is 4. The van der Waals surface area contributed by atoms with Crippen molar-refractivity contribution in [1.82, 2.24) is 14.8 Å². The van der Waals surface area contributed by atoms with E-state index in [4.69, 9.17) is 0 Å². The monoisotopic (exact) mass is 392 g/mol. The number of para-hydroxylation sites is 2. The van der Waals surface area contributed by atoms with Gasteiger partial charge in [-0.2, -0.15) is 0 Å². The molecule has 1 amide bonds. The summed E-state index contributed by atoms with van der Waals surface area (Å²) in [5, 5.41) is 9.30. The zero-order chi connectivity index (χ0) is 19.7. The Hall–Kier alpha value is -2.60. The van der Waals surface area contributed by atoms with E-state index in [-0.39, 0.29) is 5.91 Å². The molecular formula is C22H24N4OS. The summed E-state index contributed by atoms with van der Waals surface area (Å²) in [5.41, 5.74) is 4.38. The van der Waals surface area contributed by atoms with Crippen LogP contribution in [0.5, 0.6) is 0 Å². The lowest BCUT2D eigenvalue weighted by atomic mass is 10.0. The predicted octanol–water partition coefficient (Wildman–Crippen LogP) is 4.49. The molecule has 0 aliphatic carbocycles. The topological polar surface area (TPSA) is 51.0 Å². The van der Waals surface area contributed by atoms with Crippen LogP contribution < -0.4 is 4.90 Å². The van der Waals surface area contributed by atoms with Crippen LogP contribution in [0.15, 0.2) is 53.7 Å². The van der Waals surface area contributed by atoms with Crippen molar-refractivity contribution in [3.63, 3.8) is 0 Å². The van der Waals surface area contributed by atoms with Crippen LogP contribution >= 0.6 is 11.8 Å². The number of carbonyl (C=O) groups is 1. The Balaban J connectivity index is 1.64. The Morgan fingerprint density at radius 3 is 2.11 bits per heavy atom. The molecule has 0 unspecified atom stereocenters. The Labute approximate surface area is 169 Å². The smallest absolute Gasteiger partial charge is 0.242 e. The summed E-state index contributed by atoms with van der Waals surface area (Å²) in [6.45, 7) is 4.18. The molecule has 4 rings (SSSR count). The van der Waals surface area contributed by atoms with Crippen molar-refractivity contribution in [2.24, 2.45) is 7.05 Å². The van der Waals surface area contributed by atoms with E-state index in [9.17, 15) is 4.79 Å². The Morgan fingerprint density at radius 2 is 1.57 bits per heavy atom. The van der Waals surface area contributed by atoms with E-state index in [1.165, 1.54) is 22.9 Å². The molecule has 1 aliphatic rings. The maximum absolute atomic E-state index is 13.3. The molecule has 2 heterocycles. The average molecular weight is 393 g/mol. The third kappa shape index (κ3) is 3.44. The number of aromatic nitrogens is 3. The number of amides is 1. The van der Waals surface area contributed by atoms with Gasteiger partial charge in [0.15, 0.2) is 5.16 Å². The highest BCUT2D eigenvalue weighted by Gasteiger charge is 2.26. The van der Waals surface area contributed by atoms with Gasteiger partial charge in [-0.15, -0.1) is 10.2 Å². The molecule has 0 radical (unpaired) electrons. The minimum atomic E-state index is 0.0564. The summed E-state index contributed by atoms with van der Waals surface area (Å²) in [7, 11) is 1.96. The largest absolute Gasteiger partial charge is 0.309 e. The minimum Gasteiger partial charge on any atom is -0.309 e. The van der Waals surface area contributed by atoms with E-state index in [0.717, 1.165) is 35.2 Å². The van der Waals surface area contributed by atoms with Gasteiger partial charge in [-0.1, -0.05) is 62.0 Å². The second-order valence-electron chi connectivity index (χ2n) is 7.33. The summed E-state index contributed by atoms with van der Waals surface area (Å²) in [6.07, 6.45) is 1.87. The van der Waals surface area contributed by atoms with Gasteiger partial charge in [-0.05, 0) is 36.1 Å². The Bertz CT molecular complexity index is 964. The molecule has 6 heteroatoms. The molecule has 1 aliphatic heterocycles. The van der Waals surface area contributed by atoms with Crippen molar-refractivity contribution in [2.75, 3.05) is 10.7 Å². The summed E-state index contributed by atoms with van der Waals surface area (Å²) in [4.78, 5) is 15.2. The van der Waals surface area contributed by atoms with Gasteiger partial charge in [0.25, 0.3) is 0 Å². The van der Waals surface area contributed by atoms with Gasteiger partial charge < -0.3 is 4.57 Å². The number of hydrogen-bond donors (Lipinski definition) is 0. The molecule has 0 saturated heterocycles. The SMILES string of the molecule is CC(C)c1nnc(SCC(=O)N2c3ccccc3CCc3ccccc32)n1C. The van der Waals surface area contributed by atoms with Crippen LogP contribution in [0, 0.1) is 0 Å². The summed E-state index contributed by atoms with van der Waals surface area (Å²) >= 11 is 1.44. The van der Waals surface area contributed by atoms with E-state index >= 15 is 0 Å². The molecule has 0 spiro atoms. The van der Waals surface area contributed by atoms with Gasteiger partial charge in [0.1, 0.15) is 5.82 Å². The zero-order valence-corrected chi connectivity index (χ0v) is 17.2. The fourth-order valence-electron chi connectivity index (χ4n) is 3.69. The van der Waals surface area contributed by atoms with Crippen molar-refractivity contribution in [3.8, 4) is 0 Å². The van der Waals surface area contributed by atoms with Crippen molar-refractivity contribution in [3.05, 3.63) is 65.5 Å². The zero-order valence-electron chi connectivity index (χ0n) is 16.4. The maximum Gasteiger partial charge on any atom is 0.242 e. The van der Waals surface area contributed by atoms with Gasteiger partial charge in [0.05, 0.1) is 17.1 Å². The van der Waals surface area contributed by atoms with E-state index in [1.807, 2.05) is 52.9 Å². The highest BCUT2D eigenvalue weighted by atomic mass is 32.2. The second kappa shape index (κ2) is 7.80. The van der Waals surface area contributed by atoms with E-state index in [0.29, 0.717) is 11.7 Å². The Kier molecular flexibility index (Phi) is 5.22. The number of aryl methyl sites for hydroxylation is 2. The van der Waals surface area contributed by atoms with Gasteiger partial charge in [0.2, 0.25) is 5.91 Å². The Morgan fingerprint density at radius 1 is 1.00 bits per heavy atom. The van der Waals surface area contributed by atoms with Crippen LogP contribution in [0.1, 0.15) is 36.7 Å². The molecular weight excluding hydrogens is 368 g/mol. The lowest BCUT2D eigenvalue weighted by Crippen LogP contribution is -2.28. The van der Waals surface area contributed by atoms with Crippen LogP contribution in [0.25, 0.3) is 0 Å². The molecule has 5 nitrogen and oxygen atoms in total. The van der Waals surface area contributed by atoms with Crippen LogP contribution in [0.3, 0.4) is 0 Å². The molecule has 0 saturated carbocycles. The third-order valence-electron chi connectivity index (χ3n) is 5.09. The number of rotatable bonds is 4. The standard InChI is InChI=1S/C22H24N4OS/c1-15(2)21-23-24-22(25(21)3)28-14-20(27)26-18-10-6-4-8-16(18)12-13-17-9-5-7-11-19(17)26/h4-11,15H,12-14H2,1-3H3. The first-order chi connectivity index (χ1) is 13.6. The molecule has 3 aromatic rings. The first-order valence-corrected chi connectivity index (χ1v) is 10.6. The highest BCUT2D eigenvalue weighted by Crippen LogP contribution is 2.36. The summed E-state index contributed by atoms with van der Waals surface area (Å²) < 4.78 is 1.98. The molecule has 28 heavy (non-hydrogen) atoms. The third-order valence-corrected chi connectivity index (χ3v) is 6.09. The number of nitrogens with zero attached hydrogens (tertiary/aromatic N) is 4. The fourth-order valence-corrected chi connectivity index (χ4v) is 4.46. The lowest BCUT2D eigenvalue weighted by molar-refractivity contribution is -0.115. The highest BCUT2D eigenvalue weighted by molar-refractivity contribution is 7.99. The minimum absolute atomic E-state index is 0.0564. The number of carbonyl (C=O) groups excluding carboxylic acids is 1. The van der Waals surface area contributed by atoms with Gasteiger partial charge in [-0.25, -0.2) is 0 Å². The van der Waals surface area contributed by atoms with E-state index < -0.39 is 0 Å². The first kappa shape index (κ1) is 18.7. The van der Waals surface area contributed by atoms with Gasteiger partial charge in [-0.3, -0.25) is 9.69 Å². The van der Waals surface area contributed by atoms with Crippen LogP contribution in [0.4, 0.5) is 11.4 Å². The number of anilines is 2. The first-order valence-electron chi connectivity index (χ1n) is 9.57. The van der Waals surface area contributed by atoms with E-state index in [2.05, 4.69) is 36.2 Å². The molecule has 0 N–H and O–H groups in total. The molecule has 0 fully saturated rings. The van der Waals surface area contributed by atoms with E-state index in [1.54, 1.807) is 0 Å². The fraction of sp³-hybridized carbons (Fsp3) is 0.318. The maximum atomic E-state index is 13.3. The molecule has 2 aromatic carbocycles. The predicted molar refractivity (Wildman–Crippen MR) is 113 cm³/mol. The van der Waals surface area contributed by atoms with Crippen molar-refractivity contribution >= 4 is 29.0 Å². The second-order valence-corrected chi connectivity index (χ2v) is 8.27. The lowest BCUT2D eigenvalue weighted by Gasteiger charge is -2.24. The van der Waals surface area contributed by atoms with Crippen LogP contribution in [-0.2, 0) is 24.7 Å².